The summed E-state index contributed by atoms with van der Waals surface area (Å²) >= 11 is 1.41. The lowest BCUT2D eigenvalue weighted by atomic mass is 10.1. The second-order valence-corrected chi connectivity index (χ2v) is 6.88. The normalized spacial score (nSPS) is 10.6. The molecule has 1 amide bonds. The molecule has 3 rings (SSSR count). The lowest BCUT2D eigenvalue weighted by Gasteiger charge is -2.11. The number of ether oxygens (including phenoxy) is 1. The van der Waals surface area contributed by atoms with E-state index >= 15 is 0 Å². The summed E-state index contributed by atoms with van der Waals surface area (Å²) in [4.78, 5) is 16.6. The number of hydrogen-bond acceptors (Lipinski definition) is 4. The first-order valence-corrected chi connectivity index (χ1v) is 9.23. The molecule has 26 heavy (non-hydrogen) atoms. The van der Waals surface area contributed by atoms with Crippen LogP contribution in [-0.2, 0) is 4.79 Å². The standard InChI is InChI=1S/C20H21N3O2S/c1-14-4-9-18(15(2)12-14)23-11-10-21-20(23)26-13-19(24)22-16-5-7-17(25-3)8-6-16/h4-12H,13H2,1-3H3,(H,22,24). The molecule has 0 aliphatic carbocycles. The quantitative estimate of drug-likeness (QED) is 0.663. The molecule has 2 aromatic carbocycles. The van der Waals surface area contributed by atoms with Crippen molar-refractivity contribution in [2.45, 2.75) is 19.0 Å². The Labute approximate surface area is 157 Å². The molecule has 3 aromatic rings. The second-order valence-electron chi connectivity index (χ2n) is 5.94. The number of hydrogen-bond donors (Lipinski definition) is 1. The molecule has 0 unspecified atom stereocenters. The third-order valence-corrected chi connectivity index (χ3v) is 4.89. The fourth-order valence-electron chi connectivity index (χ4n) is 2.66. The van der Waals surface area contributed by atoms with Gasteiger partial charge in [-0.1, -0.05) is 29.5 Å². The zero-order valence-corrected chi connectivity index (χ0v) is 15.8. The Kier molecular flexibility index (Phi) is 5.63. The van der Waals surface area contributed by atoms with Gasteiger partial charge in [0.2, 0.25) is 5.91 Å². The maximum absolute atomic E-state index is 12.2. The average molecular weight is 367 g/mol. The minimum atomic E-state index is -0.0738. The van der Waals surface area contributed by atoms with Crippen LogP contribution in [0.25, 0.3) is 5.69 Å². The van der Waals surface area contributed by atoms with Crippen molar-refractivity contribution in [2.24, 2.45) is 0 Å². The first-order chi connectivity index (χ1) is 12.6. The number of methoxy groups -OCH3 is 1. The van der Waals surface area contributed by atoms with E-state index in [-0.39, 0.29) is 11.7 Å². The predicted octanol–water partition coefficient (Wildman–Crippen LogP) is 4.23. The van der Waals surface area contributed by atoms with Gasteiger partial charge in [0.25, 0.3) is 0 Å². The second kappa shape index (κ2) is 8.10. The van der Waals surface area contributed by atoms with Gasteiger partial charge in [0.1, 0.15) is 5.75 Å². The molecule has 1 N–H and O–H groups in total. The van der Waals surface area contributed by atoms with E-state index in [9.17, 15) is 4.79 Å². The van der Waals surface area contributed by atoms with Gasteiger partial charge in [-0.05, 0) is 49.7 Å². The molecule has 0 aliphatic rings. The Bertz CT molecular complexity index is 904. The van der Waals surface area contributed by atoms with Gasteiger partial charge < -0.3 is 10.1 Å². The van der Waals surface area contributed by atoms with Gasteiger partial charge in [0, 0.05) is 18.1 Å². The number of nitrogens with one attached hydrogen (secondary N) is 1. The molecule has 0 atom stereocenters. The molecule has 0 aliphatic heterocycles. The predicted molar refractivity (Wildman–Crippen MR) is 105 cm³/mol. The van der Waals surface area contributed by atoms with Gasteiger partial charge in [0.05, 0.1) is 18.6 Å². The number of aromatic nitrogens is 2. The summed E-state index contributed by atoms with van der Waals surface area (Å²) in [7, 11) is 1.61. The number of anilines is 1. The Hall–Kier alpha value is -2.73. The summed E-state index contributed by atoms with van der Waals surface area (Å²) in [5.41, 5.74) is 4.22. The number of aryl methyl sites for hydroxylation is 2. The van der Waals surface area contributed by atoms with Gasteiger partial charge in [-0.3, -0.25) is 9.36 Å². The maximum atomic E-state index is 12.2. The molecule has 0 saturated carbocycles. The molecule has 6 heteroatoms. The summed E-state index contributed by atoms with van der Waals surface area (Å²) < 4.78 is 7.13. The van der Waals surface area contributed by atoms with Crippen molar-refractivity contribution in [2.75, 3.05) is 18.2 Å². The number of rotatable bonds is 6. The first-order valence-electron chi connectivity index (χ1n) is 8.24. The highest BCUT2D eigenvalue weighted by Crippen LogP contribution is 2.23. The highest BCUT2D eigenvalue weighted by Gasteiger charge is 2.11. The molecule has 0 fully saturated rings. The maximum Gasteiger partial charge on any atom is 0.234 e. The Balaban J connectivity index is 1.65. The zero-order valence-electron chi connectivity index (χ0n) is 15.0. The van der Waals surface area contributed by atoms with Crippen molar-refractivity contribution >= 4 is 23.4 Å². The van der Waals surface area contributed by atoms with Crippen molar-refractivity contribution < 1.29 is 9.53 Å². The monoisotopic (exact) mass is 367 g/mol. The average Bonchev–Trinajstić information content (AvgIpc) is 3.09. The highest BCUT2D eigenvalue weighted by atomic mass is 32.2. The minimum Gasteiger partial charge on any atom is -0.497 e. The lowest BCUT2D eigenvalue weighted by Crippen LogP contribution is -2.14. The van der Waals surface area contributed by atoms with Crippen LogP contribution >= 0.6 is 11.8 Å². The molecule has 0 bridgehead atoms. The topological polar surface area (TPSA) is 56.1 Å². The van der Waals surface area contributed by atoms with Crippen LogP contribution < -0.4 is 10.1 Å². The van der Waals surface area contributed by atoms with E-state index in [1.807, 2.05) is 35.0 Å². The van der Waals surface area contributed by atoms with E-state index in [0.717, 1.165) is 22.3 Å². The molecule has 134 valence electrons. The summed E-state index contributed by atoms with van der Waals surface area (Å²) in [6, 6.07) is 13.6. The fraction of sp³-hybridized carbons (Fsp3) is 0.200. The van der Waals surface area contributed by atoms with Gasteiger partial charge in [-0.15, -0.1) is 0 Å². The number of benzene rings is 2. The number of thioether (sulfide) groups is 1. The molecule has 0 spiro atoms. The van der Waals surface area contributed by atoms with Gasteiger partial charge >= 0.3 is 0 Å². The molecule has 1 heterocycles. The van der Waals surface area contributed by atoms with Crippen LogP contribution in [0.15, 0.2) is 60.0 Å². The van der Waals surface area contributed by atoms with Crippen molar-refractivity contribution in [3.8, 4) is 11.4 Å². The Morgan fingerprint density at radius 2 is 1.96 bits per heavy atom. The summed E-state index contributed by atoms with van der Waals surface area (Å²) in [6.07, 6.45) is 3.67. The van der Waals surface area contributed by atoms with Crippen LogP contribution in [0, 0.1) is 13.8 Å². The third-order valence-electron chi connectivity index (χ3n) is 3.92. The van der Waals surface area contributed by atoms with E-state index < -0.39 is 0 Å². The Morgan fingerprint density at radius 3 is 2.65 bits per heavy atom. The van der Waals surface area contributed by atoms with Crippen LogP contribution in [0.2, 0.25) is 0 Å². The van der Waals surface area contributed by atoms with Crippen molar-refractivity contribution in [1.82, 2.24) is 9.55 Å². The zero-order chi connectivity index (χ0) is 18.5. The smallest absolute Gasteiger partial charge is 0.234 e. The minimum absolute atomic E-state index is 0.0738. The molecule has 0 saturated heterocycles. The van der Waals surface area contributed by atoms with Crippen molar-refractivity contribution in [1.29, 1.82) is 0 Å². The van der Waals surface area contributed by atoms with Gasteiger partial charge in [0.15, 0.2) is 5.16 Å². The highest BCUT2D eigenvalue weighted by molar-refractivity contribution is 7.99. The van der Waals surface area contributed by atoms with E-state index in [1.54, 1.807) is 13.3 Å². The largest absolute Gasteiger partial charge is 0.497 e. The Morgan fingerprint density at radius 1 is 1.19 bits per heavy atom. The van der Waals surface area contributed by atoms with E-state index in [1.165, 1.54) is 22.9 Å². The molecule has 1 aromatic heterocycles. The summed E-state index contributed by atoms with van der Waals surface area (Å²) in [6.45, 7) is 4.15. The number of carbonyl (C=O) groups is 1. The van der Waals surface area contributed by atoms with Crippen molar-refractivity contribution in [3.63, 3.8) is 0 Å². The third kappa shape index (κ3) is 4.26. The van der Waals surface area contributed by atoms with E-state index in [2.05, 4.69) is 42.3 Å². The van der Waals surface area contributed by atoms with Gasteiger partial charge in [-0.2, -0.15) is 0 Å². The molecule has 5 nitrogen and oxygen atoms in total. The summed E-state index contributed by atoms with van der Waals surface area (Å²) in [5.74, 6) is 0.969. The van der Waals surface area contributed by atoms with Crippen LogP contribution in [0.3, 0.4) is 0 Å². The van der Waals surface area contributed by atoms with E-state index in [4.69, 9.17) is 4.74 Å². The van der Waals surface area contributed by atoms with Crippen molar-refractivity contribution in [3.05, 3.63) is 66.0 Å². The van der Waals surface area contributed by atoms with Crippen LogP contribution in [0.1, 0.15) is 11.1 Å². The number of nitrogens with zero attached hydrogens (tertiary/aromatic N) is 2. The van der Waals surface area contributed by atoms with E-state index in [0.29, 0.717) is 0 Å². The molecule has 0 radical (unpaired) electrons. The SMILES string of the molecule is COc1ccc(NC(=O)CSc2nccn2-c2ccc(C)cc2C)cc1. The van der Waals surface area contributed by atoms with Gasteiger partial charge in [-0.25, -0.2) is 4.98 Å². The fourth-order valence-corrected chi connectivity index (χ4v) is 3.42. The number of imidazole rings is 1. The lowest BCUT2D eigenvalue weighted by molar-refractivity contribution is -0.113. The number of carbonyl (C=O) groups excluding carboxylic acids is 1. The number of amides is 1. The van der Waals surface area contributed by atoms with Crippen LogP contribution in [0.4, 0.5) is 5.69 Å². The molecular weight excluding hydrogens is 346 g/mol. The first kappa shape index (κ1) is 18.1. The molecular formula is C20H21N3O2S. The summed E-state index contributed by atoms with van der Waals surface area (Å²) in [5, 5.41) is 3.67. The van der Waals surface area contributed by atoms with Crippen LogP contribution in [0.5, 0.6) is 5.75 Å². The van der Waals surface area contributed by atoms with Crippen LogP contribution in [-0.4, -0.2) is 28.3 Å².